The third-order valence-electron chi connectivity index (χ3n) is 13.1. The lowest BCUT2D eigenvalue weighted by molar-refractivity contribution is 0.794. The van der Waals surface area contributed by atoms with Gasteiger partial charge in [0.2, 0.25) is 0 Å². The van der Waals surface area contributed by atoms with E-state index in [0.29, 0.717) is 0 Å². The standard InChI is InChI=1S/C58H36N4/c1-3-17-38(18-4-1)55-44-23-9-12-30-50(44)59-56(61-55)45-25-16-29-49-54(45)43-22-8-11-27-47(43)58(49)46-26-10-7-21-42(46)53-41(24-15-28-48(53)58)37-33-35-40(36-34-37)62-52-32-14-13-31-51(52)60-57(62)39-19-5-2-6-20-39/h1-36H. The van der Waals surface area contributed by atoms with Gasteiger partial charge in [0.1, 0.15) is 5.82 Å². The first kappa shape index (κ1) is 34.6. The van der Waals surface area contributed by atoms with Gasteiger partial charge in [-0.1, -0.05) is 188 Å². The molecule has 11 aromatic rings. The first-order valence-corrected chi connectivity index (χ1v) is 21.2. The van der Waals surface area contributed by atoms with E-state index >= 15 is 0 Å². The van der Waals surface area contributed by atoms with Crippen molar-refractivity contribution in [1.82, 2.24) is 19.5 Å². The van der Waals surface area contributed by atoms with Gasteiger partial charge in [0.15, 0.2) is 5.82 Å². The first-order chi connectivity index (χ1) is 30.8. The number of para-hydroxylation sites is 3. The minimum absolute atomic E-state index is 0.538. The van der Waals surface area contributed by atoms with Gasteiger partial charge < -0.3 is 0 Å². The predicted molar refractivity (Wildman–Crippen MR) is 252 cm³/mol. The Labute approximate surface area is 359 Å². The maximum absolute atomic E-state index is 5.40. The van der Waals surface area contributed by atoms with Crippen molar-refractivity contribution in [2.45, 2.75) is 5.41 Å². The molecule has 4 nitrogen and oxygen atoms in total. The minimum atomic E-state index is -0.538. The van der Waals surface area contributed by atoms with E-state index in [1.807, 2.05) is 0 Å². The Morgan fingerprint density at radius 2 is 0.871 bits per heavy atom. The molecule has 1 spiro atoms. The van der Waals surface area contributed by atoms with Gasteiger partial charge in [0, 0.05) is 27.8 Å². The van der Waals surface area contributed by atoms with Crippen LogP contribution in [0, 0.1) is 0 Å². The van der Waals surface area contributed by atoms with Gasteiger partial charge >= 0.3 is 0 Å². The lowest BCUT2D eigenvalue weighted by atomic mass is 9.70. The van der Waals surface area contributed by atoms with Crippen LogP contribution in [-0.2, 0) is 5.41 Å². The predicted octanol–water partition coefficient (Wildman–Crippen LogP) is 14.0. The lowest BCUT2D eigenvalue weighted by Gasteiger charge is -2.30. The topological polar surface area (TPSA) is 43.6 Å². The summed E-state index contributed by atoms with van der Waals surface area (Å²) in [5.41, 5.74) is 20.1. The van der Waals surface area contributed by atoms with E-state index in [1.54, 1.807) is 0 Å². The molecule has 0 saturated carbocycles. The van der Waals surface area contributed by atoms with Gasteiger partial charge in [-0.2, -0.15) is 0 Å². The largest absolute Gasteiger partial charge is 0.292 e. The molecule has 2 heterocycles. The molecule has 9 aromatic carbocycles. The highest BCUT2D eigenvalue weighted by Gasteiger charge is 2.52. The summed E-state index contributed by atoms with van der Waals surface area (Å²) in [6.45, 7) is 0. The minimum Gasteiger partial charge on any atom is -0.292 e. The molecule has 1 atom stereocenters. The van der Waals surface area contributed by atoms with Crippen molar-refractivity contribution >= 4 is 21.9 Å². The van der Waals surface area contributed by atoms with Crippen LogP contribution in [0.5, 0.6) is 0 Å². The molecule has 0 fully saturated rings. The number of nitrogens with zero attached hydrogens (tertiary/aromatic N) is 4. The molecular formula is C58H36N4. The number of benzene rings is 9. The Kier molecular flexibility index (Phi) is 7.49. The summed E-state index contributed by atoms with van der Waals surface area (Å²) in [7, 11) is 0. The average molecular weight is 789 g/mol. The molecule has 4 heteroatoms. The van der Waals surface area contributed by atoms with Crippen LogP contribution in [0.3, 0.4) is 0 Å². The first-order valence-electron chi connectivity index (χ1n) is 21.2. The van der Waals surface area contributed by atoms with Crippen molar-refractivity contribution in [2.24, 2.45) is 0 Å². The van der Waals surface area contributed by atoms with Crippen LogP contribution in [-0.4, -0.2) is 19.5 Å². The van der Waals surface area contributed by atoms with E-state index in [4.69, 9.17) is 15.0 Å². The molecule has 2 aliphatic rings. The summed E-state index contributed by atoms with van der Waals surface area (Å²) >= 11 is 0. The third kappa shape index (κ3) is 4.86. The van der Waals surface area contributed by atoms with Crippen LogP contribution in [0.4, 0.5) is 0 Å². The summed E-state index contributed by atoms with van der Waals surface area (Å²) in [6, 6.07) is 78.4. The average Bonchev–Trinajstić information content (AvgIpc) is 3.99. The highest BCUT2D eigenvalue weighted by molar-refractivity contribution is 6.03. The van der Waals surface area contributed by atoms with Gasteiger partial charge in [-0.25, -0.2) is 15.0 Å². The van der Waals surface area contributed by atoms with Crippen LogP contribution in [0.1, 0.15) is 22.3 Å². The normalized spacial score (nSPS) is 14.5. The Balaban J connectivity index is 1.01. The summed E-state index contributed by atoms with van der Waals surface area (Å²) in [6.07, 6.45) is 0. The highest BCUT2D eigenvalue weighted by Crippen LogP contribution is 2.65. The number of rotatable bonds is 5. The van der Waals surface area contributed by atoms with Crippen molar-refractivity contribution in [3.05, 3.63) is 241 Å². The van der Waals surface area contributed by atoms with Gasteiger partial charge in [0.25, 0.3) is 0 Å². The monoisotopic (exact) mass is 788 g/mol. The molecular weight excluding hydrogens is 753 g/mol. The summed E-state index contributed by atoms with van der Waals surface area (Å²) < 4.78 is 2.28. The smallest absolute Gasteiger partial charge is 0.161 e. The second-order valence-corrected chi connectivity index (χ2v) is 16.2. The van der Waals surface area contributed by atoms with Crippen molar-refractivity contribution in [1.29, 1.82) is 0 Å². The van der Waals surface area contributed by atoms with Crippen molar-refractivity contribution in [3.8, 4) is 73.1 Å². The van der Waals surface area contributed by atoms with E-state index in [-0.39, 0.29) is 0 Å². The Morgan fingerprint density at radius 1 is 0.339 bits per heavy atom. The van der Waals surface area contributed by atoms with E-state index in [2.05, 4.69) is 223 Å². The quantitative estimate of drug-likeness (QED) is 0.174. The van der Waals surface area contributed by atoms with Crippen LogP contribution in [0.2, 0.25) is 0 Å². The van der Waals surface area contributed by atoms with Crippen LogP contribution >= 0.6 is 0 Å². The van der Waals surface area contributed by atoms with Crippen LogP contribution < -0.4 is 0 Å². The van der Waals surface area contributed by atoms with Gasteiger partial charge in [-0.05, 0) is 86.0 Å². The lowest BCUT2D eigenvalue weighted by Crippen LogP contribution is -2.25. The van der Waals surface area contributed by atoms with Crippen molar-refractivity contribution in [2.75, 3.05) is 0 Å². The van der Waals surface area contributed by atoms with Gasteiger partial charge in [-0.15, -0.1) is 0 Å². The SMILES string of the molecule is c1ccc(-c2nc(-c3cccc4c3-c3ccccc3C43c4ccccc4-c4c(-c5ccc(-n6c(-c7ccccc7)nc7ccccc76)cc5)cccc43)nc3ccccc23)cc1. The molecule has 0 radical (unpaired) electrons. The summed E-state index contributed by atoms with van der Waals surface area (Å²) in [5, 5.41) is 1.04. The van der Waals surface area contributed by atoms with Gasteiger partial charge in [0.05, 0.1) is 27.7 Å². The van der Waals surface area contributed by atoms with E-state index < -0.39 is 5.41 Å². The van der Waals surface area contributed by atoms with Crippen LogP contribution in [0.25, 0.3) is 95.0 Å². The fraction of sp³-hybridized carbons (Fsp3) is 0.0172. The van der Waals surface area contributed by atoms with Gasteiger partial charge in [-0.3, -0.25) is 4.57 Å². The van der Waals surface area contributed by atoms with Crippen molar-refractivity contribution < 1.29 is 0 Å². The maximum atomic E-state index is 5.40. The number of aromatic nitrogens is 4. The molecule has 0 aliphatic heterocycles. The van der Waals surface area contributed by atoms with Crippen molar-refractivity contribution in [3.63, 3.8) is 0 Å². The Hall–Kier alpha value is -8.21. The maximum Gasteiger partial charge on any atom is 0.161 e. The second kappa shape index (κ2) is 13.4. The molecule has 0 amide bonds. The van der Waals surface area contributed by atoms with E-state index in [0.717, 1.165) is 61.7 Å². The summed E-state index contributed by atoms with van der Waals surface area (Å²) in [5.74, 6) is 1.66. The number of imidazole rings is 1. The zero-order chi connectivity index (χ0) is 40.8. The van der Waals surface area contributed by atoms with Crippen LogP contribution in [0.15, 0.2) is 218 Å². The Morgan fingerprint density at radius 3 is 1.58 bits per heavy atom. The fourth-order valence-corrected chi connectivity index (χ4v) is 10.5. The molecule has 62 heavy (non-hydrogen) atoms. The zero-order valence-electron chi connectivity index (χ0n) is 33.6. The number of fused-ring (bicyclic) bond motifs is 12. The second-order valence-electron chi connectivity index (χ2n) is 16.2. The number of hydrogen-bond acceptors (Lipinski definition) is 3. The highest BCUT2D eigenvalue weighted by atomic mass is 15.1. The third-order valence-corrected chi connectivity index (χ3v) is 13.1. The Bertz CT molecular complexity index is 3570. The van der Waals surface area contributed by atoms with E-state index in [9.17, 15) is 0 Å². The zero-order valence-corrected chi connectivity index (χ0v) is 33.6. The molecule has 0 bridgehead atoms. The molecule has 288 valence electrons. The molecule has 1 unspecified atom stereocenters. The molecule has 13 rings (SSSR count). The fourth-order valence-electron chi connectivity index (χ4n) is 10.5. The van der Waals surface area contributed by atoms with E-state index in [1.165, 1.54) is 55.6 Å². The molecule has 0 saturated heterocycles. The number of hydrogen-bond donors (Lipinski definition) is 0. The molecule has 2 aromatic heterocycles. The molecule has 0 N–H and O–H groups in total. The summed E-state index contributed by atoms with van der Waals surface area (Å²) in [4.78, 5) is 15.8. The molecule has 2 aliphatic carbocycles.